The predicted molar refractivity (Wildman–Crippen MR) is 83.9 cm³/mol. The maximum atomic E-state index is 11.8. The fourth-order valence-electron chi connectivity index (χ4n) is 2.61. The molecular weight excluding hydrogens is 300 g/mol. The third kappa shape index (κ3) is 4.28. The Morgan fingerprint density at radius 2 is 2.17 bits per heavy atom. The summed E-state index contributed by atoms with van der Waals surface area (Å²) in [6, 6.07) is 6.44. The van der Waals surface area contributed by atoms with Crippen LogP contribution in [0.3, 0.4) is 0 Å². The first-order valence-electron chi connectivity index (χ1n) is 7.50. The van der Waals surface area contributed by atoms with Crippen molar-refractivity contribution in [2.45, 2.75) is 19.1 Å². The van der Waals surface area contributed by atoms with Gasteiger partial charge in [0.05, 0.1) is 12.6 Å². The summed E-state index contributed by atoms with van der Waals surface area (Å²) >= 11 is 0. The van der Waals surface area contributed by atoms with Gasteiger partial charge in [0, 0.05) is 19.3 Å². The van der Waals surface area contributed by atoms with E-state index in [1.807, 2.05) is 6.92 Å². The molecule has 1 aliphatic rings. The Kier molecular flexibility index (Phi) is 6.09. The number of carbonyl (C=O) groups excluding carboxylic acids is 2. The van der Waals surface area contributed by atoms with Crippen LogP contribution in [0.4, 0.5) is 5.69 Å². The fraction of sp³-hybridized carbons (Fsp3) is 0.500. The van der Waals surface area contributed by atoms with Gasteiger partial charge in [-0.05, 0) is 24.6 Å². The number of morpholine rings is 1. The van der Waals surface area contributed by atoms with E-state index < -0.39 is 12.1 Å². The molecule has 0 saturated carbocycles. The number of hydrogen-bond donors (Lipinski definition) is 2. The van der Waals surface area contributed by atoms with Gasteiger partial charge in [0.2, 0.25) is 11.8 Å². The first-order chi connectivity index (χ1) is 11.1. The highest BCUT2D eigenvalue weighted by Gasteiger charge is 2.33. The first kappa shape index (κ1) is 17.4. The Morgan fingerprint density at radius 3 is 2.78 bits per heavy atom. The normalized spacial score (nSPS) is 19.5. The van der Waals surface area contributed by atoms with Crippen molar-refractivity contribution < 1.29 is 24.2 Å². The zero-order chi connectivity index (χ0) is 16.8. The zero-order valence-corrected chi connectivity index (χ0v) is 13.3. The molecule has 0 aromatic heterocycles. The smallest absolute Gasteiger partial charge is 0.250 e. The number of aliphatic hydroxyl groups excluding tert-OH is 1. The summed E-state index contributed by atoms with van der Waals surface area (Å²) in [7, 11) is 1.45. The Labute approximate surface area is 135 Å². The molecule has 2 N–H and O–H groups in total. The molecule has 0 radical (unpaired) electrons. The lowest BCUT2D eigenvalue weighted by molar-refractivity contribution is -0.153. The summed E-state index contributed by atoms with van der Waals surface area (Å²) in [5.74, 6) is -0.365. The van der Waals surface area contributed by atoms with Gasteiger partial charge in [0.25, 0.3) is 0 Å². The first-order valence-corrected chi connectivity index (χ1v) is 7.50. The lowest BCUT2D eigenvalue weighted by atomic mass is 10.00. The van der Waals surface area contributed by atoms with Crippen LogP contribution in [0.5, 0.6) is 0 Å². The van der Waals surface area contributed by atoms with E-state index >= 15 is 0 Å². The summed E-state index contributed by atoms with van der Waals surface area (Å²) in [6.07, 6.45) is -0.845. The van der Waals surface area contributed by atoms with E-state index in [0.29, 0.717) is 24.4 Å². The molecule has 2 atom stereocenters. The van der Waals surface area contributed by atoms with E-state index in [1.54, 1.807) is 29.2 Å². The molecule has 126 valence electrons. The van der Waals surface area contributed by atoms with Crippen LogP contribution in [0, 0.1) is 0 Å². The second-order valence-electron chi connectivity index (χ2n) is 5.31. The number of carbonyl (C=O) groups is 2. The van der Waals surface area contributed by atoms with E-state index in [-0.39, 0.29) is 25.0 Å². The minimum Gasteiger partial charge on any atom is -0.386 e. The highest BCUT2D eigenvalue weighted by atomic mass is 16.5. The van der Waals surface area contributed by atoms with Gasteiger partial charge in [0.15, 0.2) is 0 Å². The van der Waals surface area contributed by atoms with Gasteiger partial charge in [-0.2, -0.15) is 0 Å². The lowest BCUT2D eigenvalue weighted by Gasteiger charge is -2.37. The van der Waals surface area contributed by atoms with Crippen molar-refractivity contribution >= 4 is 17.5 Å². The van der Waals surface area contributed by atoms with Gasteiger partial charge in [-0.3, -0.25) is 9.59 Å². The average Bonchev–Trinajstić information content (AvgIpc) is 2.55. The third-order valence-corrected chi connectivity index (χ3v) is 3.75. The summed E-state index contributed by atoms with van der Waals surface area (Å²) < 4.78 is 10.00. The van der Waals surface area contributed by atoms with Crippen molar-refractivity contribution in [3.8, 4) is 0 Å². The van der Waals surface area contributed by atoms with E-state index in [0.717, 1.165) is 0 Å². The molecule has 23 heavy (non-hydrogen) atoms. The number of aliphatic hydroxyl groups is 1. The van der Waals surface area contributed by atoms with Gasteiger partial charge in [0.1, 0.15) is 19.3 Å². The highest BCUT2D eigenvalue weighted by molar-refractivity contribution is 5.91. The number of benzene rings is 1. The molecule has 0 aliphatic carbocycles. The van der Waals surface area contributed by atoms with Crippen LogP contribution < -0.4 is 5.32 Å². The van der Waals surface area contributed by atoms with Crippen LogP contribution in [0.25, 0.3) is 0 Å². The molecule has 7 heteroatoms. The quantitative estimate of drug-likeness (QED) is 0.799. The van der Waals surface area contributed by atoms with E-state index in [1.165, 1.54) is 7.11 Å². The molecule has 0 spiro atoms. The molecule has 1 fully saturated rings. The van der Waals surface area contributed by atoms with Gasteiger partial charge in [-0.1, -0.05) is 12.1 Å². The van der Waals surface area contributed by atoms with Crippen LogP contribution in [0.15, 0.2) is 24.3 Å². The van der Waals surface area contributed by atoms with Crippen LogP contribution >= 0.6 is 0 Å². The Balaban J connectivity index is 2.06. The van der Waals surface area contributed by atoms with Crippen LogP contribution in [0.1, 0.15) is 18.6 Å². The largest absolute Gasteiger partial charge is 0.386 e. The van der Waals surface area contributed by atoms with Gasteiger partial charge >= 0.3 is 0 Å². The Bertz CT molecular complexity index is 546. The number of amides is 2. The molecule has 1 saturated heterocycles. The van der Waals surface area contributed by atoms with Crippen LogP contribution in [0.2, 0.25) is 0 Å². The minimum atomic E-state index is -0.845. The Morgan fingerprint density at radius 1 is 1.48 bits per heavy atom. The zero-order valence-electron chi connectivity index (χ0n) is 13.3. The minimum absolute atomic E-state index is 0.0165. The number of nitrogens with one attached hydrogen (secondary N) is 1. The third-order valence-electron chi connectivity index (χ3n) is 3.75. The van der Waals surface area contributed by atoms with Crippen LogP contribution in [-0.2, 0) is 19.1 Å². The van der Waals surface area contributed by atoms with Crippen molar-refractivity contribution in [1.29, 1.82) is 0 Å². The molecule has 1 aliphatic heterocycles. The molecule has 1 heterocycles. The molecule has 0 bridgehead atoms. The van der Waals surface area contributed by atoms with Gasteiger partial charge < -0.3 is 24.8 Å². The molecule has 0 unspecified atom stereocenters. The SMILES string of the molecule is CCN1C(=O)COC[C@@H]1[C@H](O)c1ccc(NC(=O)COC)cc1. The number of methoxy groups -OCH3 is 1. The number of likely N-dealkylation sites (N-methyl/N-ethyl adjacent to an activating group) is 1. The van der Waals surface area contributed by atoms with Crippen molar-refractivity contribution in [3.63, 3.8) is 0 Å². The maximum absolute atomic E-state index is 11.8. The van der Waals surface area contributed by atoms with Crippen molar-refractivity contribution in [1.82, 2.24) is 4.90 Å². The molecule has 2 amide bonds. The average molecular weight is 322 g/mol. The van der Waals surface area contributed by atoms with Crippen LogP contribution in [-0.4, -0.2) is 61.3 Å². The number of rotatable bonds is 6. The number of ether oxygens (including phenoxy) is 2. The molecule has 7 nitrogen and oxygen atoms in total. The molecule has 1 aromatic carbocycles. The monoisotopic (exact) mass is 322 g/mol. The molecule has 2 rings (SSSR count). The lowest BCUT2D eigenvalue weighted by Crippen LogP contribution is -2.51. The number of nitrogens with zero attached hydrogens (tertiary/aromatic N) is 1. The summed E-state index contributed by atoms with van der Waals surface area (Å²) in [5, 5.41) is 13.2. The van der Waals surface area contributed by atoms with Crippen molar-refractivity contribution in [2.75, 3.05) is 38.8 Å². The standard InChI is InChI=1S/C16H22N2O5/c1-3-18-13(8-23-10-15(18)20)16(21)11-4-6-12(7-5-11)17-14(19)9-22-2/h4-7,13,16,21H,3,8-10H2,1-2H3,(H,17,19)/t13-,16-/m1/s1. The predicted octanol–water partition coefficient (Wildman–Crippen LogP) is 0.552. The summed E-state index contributed by atoms with van der Waals surface area (Å²) in [6.45, 7) is 2.73. The number of anilines is 1. The van der Waals surface area contributed by atoms with Crippen molar-refractivity contribution in [2.24, 2.45) is 0 Å². The second kappa shape index (κ2) is 8.05. The highest BCUT2D eigenvalue weighted by Crippen LogP contribution is 2.25. The number of hydrogen-bond acceptors (Lipinski definition) is 5. The topological polar surface area (TPSA) is 88.1 Å². The maximum Gasteiger partial charge on any atom is 0.250 e. The Hall–Kier alpha value is -1.96. The van der Waals surface area contributed by atoms with E-state index in [4.69, 9.17) is 9.47 Å². The molecular formula is C16H22N2O5. The summed E-state index contributed by atoms with van der Waals surface area (Å²) in [5.41, 5.74) is 1.28. The fourth-order valence-corrected chi connectivity index (χ4v) is 2.61. The van der Waals surface area contributed by atoms with Gasteiger partial charge in [-0.15, -0.1) is 0 Å². The second-order valence-corrected chi connectivity index (χ2v) is 5.31. The van der Waals surface area contributed by atoms with E-state index in [9.17, 15) is 14.7 Å². The van der Waals surface area contributed by atoms with Crippen molar-refractivity contribution in [3.05, 3.63) is 29.8 Å². The van der Waals surface area contributed by atoms with E-state index in [2.05, 4.69) is 5.32 Å². The summed E-state index contributed by atoms with van der Waals surface area (Å²) in [4.78, 5) is 24.9. The van der Waals surface area contributed by atoms with Gasteiger partial charge in [-0.25, -0.2) is 0 Å². The molecule has 1 aromatic rings.